The molecule has 1 aliphatic heterocycles. The predicted molar refractivity (Wildman–Crippen MR) is 135 cm³/mol. The third-order valence-corrected chi connectivity index (χ3v) is 7.27. The van der Waals surface area contributed by atoms with Crippen LogP contribution in [-0.2, 0) is 11.8 Å². The Kier molecular flexibility index (Phi) is 8.86. The zero-order valence-corrected chi connectivity index (χ0v) is 20.5. The van der Waals surface area contributed by atoms with Crippen LogP contribution in [0, 0.1) is 0 Å². The molecule has 1 aliphatic rings. The van der Waals surface area contributed by atoms with Crippen molar-refractivity contribution in [3.63, 3.8) is 0 Å². The molecule has 0 aliphatic carbocycles. The van der Waals surface area contributed by atoms with Gasteiger partial charge in [0, 0.05) is 4.90 Å². The van der Waals surface area contributed by atoms with Crippen molar-refractivity contribution in [2.45, 2.75) is 76.0 Å². The van der Waals surface area contributed by atoms with Crippen molar-refractivity contribution in [2.75, 3.05) is 12.4 Å². The highest BCUT2D eigenvalue weighted by atomic mass is 32.2. The SMILES string of the molecule is CCCCCCCOc1cc2c(cc1C/C=C/c1ccccc1C(=O)O)C(C)(C)CCS2. The second kappa shape index (κ2) is 11.6. The van der Waals surface area contributed by atoms with E-state index in [1.807, 2.05) is 30.0 Å². The van der Waals surface area contributed by atoms with E-state index < -0.39 is 5.97 Å². The number of rotatable bonds is 11. The van der Waals surface area contributed by atoms with Crippen LogP contribution in [0.2, 0.25) is 0 Å². The van der Waals surface area contributed by atoms with E-state index in [1.165, 1.54) is 48.1 Å². The van der Waals surface area contributed by atoms with Gasteiger partial charge in [-0.2, -0.15) is 0 Å². The number of carbonyl (C=O) groups is 1. The van der Waals surface area contributed by atoms with Gasteiger partial charge in [0.25, 0.3) is 0 Å². The molecule has 0 amide bonds. The second-order valence-corrected chi connectivity index (χ2v) is 10.3. The summed E-state index contributed by atoms with van der Waals surface area (Å²) in [5.74, 6) is 1.22. The van der Waals surface area contributed by atoms with Gasteiger partial charge in [-0.1, -0.05) is 82.9 Å². The van der Waals surface area contributed by atoms with Crippen LogP contribution in [0.15, 0.2) is 47.4 Å². The maximum Gasteiger partial charge on any atom is 0.336 e. The molecule has 0 fully saturated rings. The summed E-state index contributed by atoms with van der Waals surface area (Å²) in [5, 5.41) is 9.43. The van der Waals surface area contributed by atoms with E-state index in [1.54, 1.807) is 12.1 Å². The number of benzene rings is 2. The molecule has 0 unspecified atom stereocenters. The first-order chi connectivity index (χ1) is 15.4. The van der Waals surface area contributed by atoms with E-state index in [9.17, 15) is 9.90 Å². The van der Waals surface area contributed by atoms with Crippen LogP contribution >= 0.6 is 11.8 Å². The minimum Gasteiger partial charge on any atom is -0.493 e. The highest BCUT2D eigenvalue weighted by molar-refractivity contribution is 7.99. The quantitative estimate of drug-likeness (QED) is 0.354. The zero-order chi connectivity index (χ0) is 23.0. The average molecular weight is 453 g/mol. The van der Waals surface area contributed by atoms with Gasteiger partial charge in [0.2, 0.25) is 0 Å². The third kappa shape index (κ3) is 6.41. The summed E-state index contributed by atoms with van der Waals surface area (Å²) >= 11 is 1.93. The van der Waals surface area contributed by atoms with Gasteiger partial charge >= 0.3 is 5.97 Å². The Labute approximate surface area is 197 Å². The Hall–Kier alpha value is -2.20. The van der Waals surface area contributed by atoms with Crippen molar-refractivity contribution in [2.24, 2.45) is 0 Å². The van der Waals surface area contributed by atoms with Crippen LogP contribution in [0.5, 0.6) is 5.75 Å². The van der Waals surface area contributed by atoms with Crippen LogP contribution in [0.3, 0.4) is 0 Å². The van der Waals surface area contributed by atoms with E-state index in [4.69, 9.17) is 4.74 Å². The fourth-order valence-corrected chi connectivity index (χ4v) is 5.65. The largest absolute Gasteiger partial charge is 0.493 e. The lowest BCUT2D eigenvalue weighted by molar-refractivity contribution is 0.0696. The summed E-state index contributed by atoms with van der Waals surface area (Å²) in [6.07, 6.45) is 12.0. The molecule has 4 heteroatoms. The van der Waals surface area contributed by atoms with Crippen LogP contribution in [0.1, 0.15) is 86.3 Å². The fourth-order valence-electron chi connectivity index (χ4n) is 4.14. The van der Waals surface area contributed by atoms with Gasteiger partial charge in [-0.25, -0.2) is 4.79 Å². The number of ether oxygens (including phenoxy) is 1. The number of carboxylic acids is 1. The lowest BCUT2D eigenvalue weighted by atomic mass is 9.80. The number of fused-ring (bicyclic) bond motifs is 1. The van der Waals surface area contributed by atoms with Crippen molar-refractivity contribution in [1.82, 2.24) is 0 Å². The number of carboxylic acid groups (broad SMARTS) is 1. The van der Waals surface area contributed by atoms with Gasteiger partial charge in [0.05, 0.1) is 12.2 Å². The first kappa shape index (κ1) is 24.4. The average Bonchev–Trinajstić information content (AvgIpc) is 2.76. The Morgan fingerprint density at radius 1 is 1.16 bits per heavy atom. The third-order valence-electron chi connectivity index (χ3n) is 6.21. The minimum absolute atomic E-state index is 0.160. The molecule has 2 aromatic carbocycles. The van der Waals surface area contributed by atoms with Gasteiger partial charge in [0.1, 0.15) is 5.75 Å². The van der Waals surface area contributed by atoms with E-state index in [2.05, 4.69) is 39.0 Å². The maximum atomic E-state index is 11.5. The Morgan fingerprint density at radius 2 is 1.94 bits per heavy atom. The summed E-state index contributed by atoms with van der Waals surface area (Å²) in [6, 6.07) is 11.7. The Bertz CT molecular complexity index is 946. The molecule has 0 aromatic heterocycles. The molecule has 3 rings (SSSR count). The molecule has 0 bridgehead atoms. The molecule has 0 spiro atoms. The number of thioether (sulfide) groups is 1. The van der Waals surface area contributed by atoms with E-state index >= 15 is 0 Å². The summed E-state index contributed by atoms with van der Waals surface area (Å²) < 4.78 is 6.28. The van der Waals surface area contributed by atoms with E-state index in [-0.39, 0.29) is 5.41 Å². The van der Waals surface area contributed by atoms with Gasteiger partial charge < -0.3 is 9.84 Å². The monoisotopic (exact) mass is 452 g/mol. The lowest BCUT2D eigenvalue weighted by Gasteiger charge is -2.33. The van der Waals surface area contributed by atoms with Gasteiger partial charge in [-0.15, -0.1) is 11.8 Å². The molecule has 0 atom stereocenters. The second-order valence-electron chi connectivity index (χ2n) is 9.20. The molecule has 0 radical (unpaired) electrons. The molecule has 1 N–H and O–H groups in total. The van der Waals surface area contributed by atoms with Crippen LogP contribution in [-0.4, -0.2) is 23.4 Å². The van der Waals surface area contributed by atoms with Crippen LogP contribution < -0.4 is 4.74 Å². The van der Waals surface area contributed by atoms with Gasteiger partial charge in [-0.05, 0) is 59.3 Å². The number of aromatic carboxylic acids is 1. The summed E-state index contributed by atoms with van der Waals surface area (Å²) in [4.78, 5) is 12.8. The molecule has 2 aromatic rings. The highest BCUT2D eigenvalue weighted by Crippen LogP contribution is 2.44. The first-order valence-electron chi connectivity index (χ1n) is 11.8. The fraction of sp³-hybridized carbons (Fsp3) is 0.464. The van der Waals surface area contributed by atoms with E-state index in [0.29, 0.717) is 12.0 Å². The van der Waals surface area contributed by atoms with Crippen molar-refractivity contribution in [3.05, 3.63) is 64.7 Å². The normalized spacial score (nSPS) is 15.0. The minimum atomic E-state index is -0.898. The Balaban J connectivity index is 1.80. The van der Waals surface area contributed by atoms with Gasteiger partial charge in [-0.3, -0.25) is 0 Å². The molecular weight excluding hydrogens is 416 g/mol. The standard InChI is InChI=1S/C28H36O3S/c1-4-5-6-7-10-17-31-25-20-26-24(28(2,3)16-18-32-26)19-22(25)14-11-13-21-12-8-9-15-23(21)27(29)30/h8-9,11-13,15,19-20H,4-7,10,14,16-18H2,1-3H3,(H,29,30)/b13-11+. The molecular formula is C28H36O3S. The van der Waals surface area contributed by atoms with Crippen molar-refractivity contribution >= 4 is 23.8 Å². The first-order valence-corrected chi connectivity index (χ1v) is 12.8. The molecule has 0 saturated carbocycles. The molecule has 3 nitrogen and oxygen atoms in total. The molecule has 1 heterocycles. The highest BCUT2D eigenvalue weighted by Gasteiger charge is 2.29. The summed E-state index contributed by atoms with van der Waals surface area (Å²) in [5.41, 5.74) is 3.80. The predicted octanol–water partition coefficient (Wildman–Crippen LogP) is 7.76. The molecule has 0 saturated heterocycles. The maximum absolute atomic E-state index is 11.5. The van der Waals surface area contributed by atoms with Crippen molar-refractivity contribution in [3.8, 4) is 5.75 Å². The molecule has 32 heavy (non-hydrogen) atoms. The van der Waals surface area contributed by atoms with Crippen molar-refractivity contribution in [1.29, 1.82) is 0 Å². The number of unbranched alkanes of at least 4 members (excludes halogenated alkanes) is 4. The summed E-state index contributed by atoms with van der Waals surface area (Å²) in [7, 11) is 0. The van der Waals surface area contributed by atoms with E-state index in [0.717, 1.165) is 30.1 Å². The topological polar surface area (TPSA) is 46.5 Å². The van der Waals surface area contributed by atoms with Crippen LogP contribution in [0.25, 0.3) is 6.08 Å². The van der Waals surface area contributed by atoms with Crippen molar-refractivity contribution < 1.29 is 14.6 Å². The lowest BCUT2D eigenvalue weighted by Crippen LogP contribution is -2.23. The van der Waals surface area contributed by atoms with Crippen LogP contribution in [0.4, 0.5) is 0 Å². The zero-order valence-electron chi connectivity index (χ0n) is 19.7. The Morgan fingerprint density at radius 3 is 2.72 bits per heavy atom. The van der Waals surface area contributed by atoms with Gasteiger partial charge in [0.15, 0.2) is 0 Å². The number of hydrogen-bond donors (Lipinski definition) is 1. The molecule has 172 valence electrons. The smallest absolute Gasteiger partial charge is 0.336 e. The number of allylic oxidation sites excluding steroid dienone is 1. The summed E-state index contributed by atoms with van der Waals surface area (Å²) in [6.45, 7) is 7.62. The number of hydrogen-bond acceptors (Lipinski definition) is 3.